The van der Waals surface area contributed by atoms with Gasteiger partial charge in [0.25, 0.3) is 0 Å². The summed E-state index contributed by atoms with van der Waals surface area (Å²) < 4.78 is 1.43. The van der Waals surface area contributed by atoms with Crippen molar-refractivity contribution in [2.45, 2.75) is 6.92 Å². The largest absolute Gasteiger partial charge is 0.478 e. The van der Waals surface area contributed by atoms with Gasteiger partial charge in [-0.05, 0) is 19.1 Å². The second kappa shape index (κ2) is 3.53. The summed E-state index contributed by atoms with van der Waals surface area (Å²) in [5.74, 6) is -0.968. The highest BCUT2D eigenvalue weighted by Gasteiger charge is 2.11. The molecule has 0 bridgehead atoms. The van der Waals surface area contributed by atoms with Crippen LogP contribution in [0.15, 0.2) is 30.9 Å². The van der Waals surface area contributed by atoms with Crippen LogP contribution in [0.25, 0.3) is 5.69 Å². The molecule has 0 aliphatic rings. The summed E-state index contributed by atoms with van der Waals surface area (Å²) in [6.07, 6.45) is 2.84. The SMILES string of the molecule is Cc1ccc(-n2cncn2)c(C(=O)O)c1. The second-order valence-electron chi connectivity index (χ2n) is 3.17. The smallest absolute Gasteiger partial charge is 0.337 e. The summed E-state index contributed by atoms with van der Waals surface area (Å²) >= 11 is 0. The molecule has 5 nitrogen and oxygen atoms in total. The summed E-state index contributed by atoms with van der Waals surface area (Å²) in [7, 11) is 0. The fraction of sp³-hybridized carbons (Fsp3) is 0.100. The zero-order valence-electron chi connectivity index (χ0n) is 8.08. The van der Waals surface area contributed by atoms with Crippen LogP contribution in [0.5, 0.6) is 0 Å². The first-order chi connectivity index (χ1) is 7.18. The third kappa shape index (κ3) is 1.71. The average molecular weight is 203 g/mol. The van der Waals surface area contributed by atoms with Crippen LogP contribution in [0.2, 0.25) is 0 Å². The third-order valence-corrected chi connectivity index (χ3v) is 2.05. The number of hydrogen-bond donors (Lipinski definition) is 1. The Bertz CT molecular complexity index is 491. The predicted molar refractivity (Wildman–Crippen MR) is 53.1 cm³/mol. The third-order valence-electron chi connectivity index (χ3n) is 2.05. The van der Waals surface area contributed by atoms with E-state index in [1.54, 1.807) is 12.1 Å². The minimum atomic E-state index is -0.968. The lowest BCUT2D eigenvalue weighted by Gasteiger charge is -2.05. The molecule has 0 amide bonds. The zero-order valence-corrected chi connectivity index (χ0v) is 8.08. The molecule has 1 heterocycles. The standard InChI is InChI=1S/C10H9N3O2/c1-7-2-3-9(8(4-7)10(14)15)13-6-11-5-12-13/h2-6H,1H3,(H,14,15). The molecule has 2 rings (SSSR count). The number of aromatic nitrogens is 3. The Balaban J connectivity index is 2.61. The number of carboxylic acid groups (broad SMARTS) is 1. The van der Waals surface area contributed by atoms with Gasteiger partial charge >= 0.3 is 5.97 Å². The second-order valence-corrected chi connectivity index (χ2v) is 3.17. The van der Waals surface area contributed by atoms with Crippen LogP contribution in [0.4, 0.5) is 0 Å². The predicted octanol–water partition coefficient (Wildman–Crippen LogP) is 1.27. The van der Waals surface area contributed by atoms with Gasteiger partial charge < -0.3 is 5.11 Å². The Morgan fingerprint density at radius 3 is 2.87 bits per heavy atom. The Morgan fingerprint density at radius 1 is 1.47 bits per heavy atom. The van der Waals surface area contributed by atoms with Gasteiger partial charge in [0.15, 0.2) is 0 Å². The van der Waals surface area contributed by atoms with Gasteiger partial charge in [-0.2, -0.15) is 5.10 Å². The van der Waals surface area contributed by atoms with Gasteiger partial charge in [0, 0.05) is 0 Å². The molecule has 0 aliphatic heterocycles. The van der Waals surface area contributed by atoms with Crippen molar-refractivity contribution in [2.24, 2.45) is 0 Å². The molecule has 0 aliphatic carbocycles. The number of rotatable bonds is 2. The summed E-state index contributed by atoms with van der Waals surface area (Å²) in [5, 5.41) is 12.9. The molecule has 2 aromatic rings. The van der Waals surface area contributed by atoms with E-state index in [2.05, 4.69) is 10.1 Å². The first-order valence-electron chi connectivity index (χ1n) is 4.37. The van der Waals surface area contributed by atoms with Crippen LogP contribution < -0.4 is 0 Å². The van der Waals surface area contributed by atoms with Crippen LogP contribution in [-0.2, 0) is 0 Å². The Kier molecular flexibility index (Phi) is 2.21. The number of hydrogen-bond acceptors (Lipinski definition) is 3. The van der Waals surface area contributed by atoms with Crippen LogP contribution in [0.3, 0.4) is 0 Å². The van der Waals surface area contributed by atoms with Crippen LogP contribution in [-0.4, -0.2) is 25.8 Å². The fourth-order valence-corrected chi connectivity index (χ4v) is 1.35. The van der Waals surface area contributed by atoms with Gasteiger partial charge in [-0.25, -0.2) is 14.5 Å². The van der Waals surface area contributed by atoms with E-state index in [0.717, 1.165) is 5.56 Å². The van der Waals surface area contributed by atoms with E-state index >= 15 is 0 Å². The lowest BCUT2D eigenvalue weighted by Crippen LogP contribution is -2.06. The molecule has 0 atom stereocenters. The Morgan fingerprint density at radius 2 is 2.27 bits per heavy atom. The van der Waals surface area contributed by atoms with Gasteiger partial charge in [-0.15, -0.1) is 0 Å². The summed E-state index contributed by atoms with van der Waals surface area (Å²) in [4.78, 5) is 14.8. The van der Waals surface area contributed by atoms with Crippen LogP contribution in [0, 0.1) is 6.92 Å². The topological polar surface area (TPSA) is 68.0 Å². The zero-order chi connectivity index (χ0) is 10.8. The van der Waals surface area contributed by atoms with Crippen molar-refractivity contribution in [3.05, 3.63) is 42.0 Å². The normalized spacial score (nSPS) is 10.2. The number of benzene rings is 1. The average Bonchev–Trinajstić information content (AvgIpc) is 2.70. The quantitative estimate of drug-likeness (QED) is 0.798. The Labute approximate surface area is 86.0 Å². The summed E-state index contributed by atoms with van der Waals surface area (Å²) in [6, 6.07) is 5.16. The van der Waals surface area contributed by atoms with Crippen molar-refractivity contribution in [3.8, 4) is 5.69 Å². The molecule has 0 unspecified atom stereocenters. The monoisotopic (exact) mass is 203 g/mol. The molecule has 5 heteroatoms. The minimum Gasteiger partial charge on any atom is -0.478 e. The fourth-order valence-electron chi connectivity index (χ4n) is 1.35. The van der Waals surface area contributed by atoms with Crippen molar-refractivity contribution < 1.29 is 9.90 Å². The molecular weight excluding hydrogens is 194 g/mol. The van der Waals surface area contributed by atoms with Gasteiger partial charge in [0.2, 0.25) is 0 Å². The van der Waals surface area contributed by atoms with Crippen LogP contribution in [0.1, 0.15) is 15.9 Å². The first-order valence-corrected chi connectivity index (χ1v) is 4.37. The van der Waals surface area contributed by atoms with E-state index in [0.29, 0.717) is 5.69 Å². The number of carbonyl (C=O) groups is 1. The van der Waals surface area contributed by atoms with Crippen molar-refractivity contribution in [1.29, 1.82) is 0 Å². The highest BCUT2D eigenvalue weighted by molar-refractivity contribution is 5.92. The van der Waals surface area contributed by atoms with Crippen molar-refractivity contribution in [1.82, 2.24) is 14.8 Å². The molecule has 1 aromatic heterocycles. The number of carboxylic acids is 1. The maximum atomic E-state index is 11.0. The molecule has 1 N–H and O–H groups in total. The molecule has 0 spiro atoms. The van der Waals surface area contributed by atoms with Gasteiger partial charge in [-0.1, -0.05) is 11.6 Å². The maximum Gasteiger partial charge on any atom is 0.337 e. The van der Waals surface area contributed by atoms with Crippen molar-refractivity contribution in [2.75, 3.05) is 0 Å². The molecule has 0 radical (unpaired) electrons. The molecule has 1 aromatic carbocycles. The highest BCUT2D eigenvalue weighted by Crippen LogP contribution is 2.15. The van der Waals surface area contributed by atoms with E-state index < -0.39 is 5.97 Å². The van der Waals surface area contributed by atoms with E-state index in [9.17, 15) is 4.79 Å². The van der Waals surface area contributed by atoms with Crippen molar-refractivity contribution in [3.63, 3.8) is 0 Å². The minimum absolute atomic E-state index is 0.223. The summed E-state index contributed by atoms with van der Waals surface area (Å²) in [6.45, 7) is 1.84. The summed E-state index contributed by atoms with van der Waals surface area (Å²) in [5.41, 5.74) is 1.64. The van der Waals surface area contributed by atoms with Gasteiger partial charge in [-0.3, -0.25) is 0 Å². The molecule has 15 heavy (non-hydrogen) atoms. The van der Waals surface area contributed by atoms with E-state index in [1.165, 1.54) is 17.3 Å². The number of aromatic carboxylic acids is 1. The molecule has 0 saturated carbocycles. The molecular formula is C10H9N3O2. The molecule has 76 valence electrons. The number of nitrogens with zero attached hydrogens (tertiary/aromatic N) is 3. The van der Waals surface area contributed by atoms with Gasteiger partial charge in [0.1, 0.15) is 12.7 Å². The lowest BCUT2D eigenvalue weighted by atomic mass is 10.1. The van der Waals surface area contributed by atoms with Crippen molar-refractivity contribution >= 4 is 5.97 Å². The molecule has 0 fully saturated rings. The maximum absolute atomic E-state index is 11.0. The van der Waals surface area contributed by atoms with Gasteiger partial charge in [0.05, 0.1) is 11.3 Å². The van der Waals surface area contributed by atoms with E-state index in [1.807, 2.05) is 13.0 Å². The van der Waals surface area contributed by atoms with E-state index in [-0.39, 0.29) is 5.56 Å². The van der Waals surface area contributed by atoms with Crippen LogP contribution >= 0.6 is 0 Å². The first kappa shape index (κ1) is 9.39. The lowest BCUT2D eigenvalue weighted by molar-refractivity contribution is 0.0696. The number of aryl methyl sites for hydroxylation is 1. The Hall–Kier alpha value is -2.17. The van der Waals surface area contributed by atoms with E-state index in [4.69, 9.17) is 5.11 Å². The molecule has 0 saturated heterocycles. The highest BCUT2D eigenvalue weighted by atomic mass is 16.4.